The minimum absolute atomic E-state index is 0.216. The van der Waals surface area contributed by atoms with Crippen LogP contribution in [-0.2, 0) is 6.42 Å². The van der Waals surface area contributed by atoms with Gasteiger partial charge in [0.1, 0.15) is 11.5 Å². The Morgan fingerprint density at radius 1 is 1.28 bits per heavy atom. The summed E-state index contributed by atoms with van der Waals surface area (Å²) >= 11 is 0. The first-order valence-corrected chi connectivity index (χ1v) is 5.85. The largest absolute Gasteiger partial charge is 0.296 e. The first-order valence-electron chi connectivity index (χ1n) is 5.85. The van der Waals surface area contributed by atoms with Gasteiger partial charge in [-0.3, -0.25) is 9.78 Å². The second-order valence-corrected chi connectivity index (χ2v) is 4.32. The van der Waals surface area contributed by atoms with Crippen molar-refractivity contribution in [1.29, 1.82) is 0 Å². The molecule has 0 aliphatic heterocycles. The topological polar surface area (TPSA) is 30.0 Å². The minimum atomic E-state index is -0.235. The van der Waals surface area contributed by atoms with E-state index in [1.807, 2.05) is 12.1 Å². The molecule has 1 atom stereocenters. The summed E-state index contributed by atoms with van der Waals surface area (Å²) in [5.74, 6) is -0.0191. The van der Waals surface area contributed by atoms with Crippen molar-refractivity contribution < 1.29 is 9.18 Å². The van der Waals surface area contributed by atoms with Crippen LogP contribution in [0.2, 0.25) is 0 Å². The molecule has 18 heavy (non-hydrogen) atoms. The first-order chi connectivity index (χ1) is 8.70. The van der Waals surface area contributed by atoms with E-state index < -0.39 is 0 Å². The minimum Gasteiger partial charge on any atom is -0.296 e. The molecule has 0 amide bonds. The highest BCUT2D eigenvalue weighted by Gasteiger charge is 2.10. The van der Waals surface area contributed by atoms with Crippen LogP contribution in [0.15, 0.2) is 42.6 Å². The normalized spacial score (nSPS) is 12.1. The summed E-state index contributed by atoms with van der Waals surface area (Å²) in [6, 6.07) is 10.2. The average molecular weight is 243 g/mol. The number of aromatic nitrogens is 1. The van der Waals surface area contributed by atoms with E-state index in [4.69, 9.17) is 0 Å². The number of pyridine rings is 1. The second-order valence-electron chi connectivity index (χ2n) is 4.32. The Balaban J connectivity index is 2.18. The van der Waals surface area contributed by atoms with Crippen LogP contribution >= 0.6 is 0 Å². The molecule has 0 radical (unpaired) electrons. The van der Waals surface area contributed by atoms with Gasteiger partial charge in [-0.25, -0.2) is 4.39 Å². The Morgan fingerprint density at radius 3 is 2.67 bits per heavy atom. The van der Waals surface area contributed by atoms with Crippen LogP contribution < -0.4 is 0 Å². The van der Waals surface area contributed by atoms with Gasteiger partial charge in [-0.2, -0.15) is 0 Å². The molecule has 1 heterocycles. The molecule has 2 aromatic rings. The standard InChI is InChI=1S/C15H14FNO/c1-11(12-4-6-14(16)7-5-12)9-13-3-2-8-17-15(13)10-18/h2-8,10-11H,9H2,1H3. The molecule has 1 aromatic heterocycles. The van der Waals surface area contributed by atoms with E-state index >= 15 is 0 Å². The van der Waals surface area contributed by atoms with E-state index in [0.29, 0.717) is 12.1 Å². The van der Waals surface area contributed by atoms with Crippen molar-refractivity contribution in [2.75, 3.05) is 0 Å². The maximum atomic E-state index is 12.8. The van der Waals surface area contributed by atoms with Gasteiger partial charge in [0.15, 0.2) is 6.29 Å². The summed E-state index contributed by atoms with van der Waals surface area (Å²) in [4.78, 5) is 14.9. The summed E-state index contributed by atoms with van der Waals surface area (Å²) in [5.41, 5.74) is 2.45. The number of carbonyl (C=O) groups excluding carboxylic acids is 1. The van der Waals surface area contributed by atoms with E-state index in [2.05, 4.69) is 11.9 Å². The summed E-state index contributed by atoms with van der Waals surface area (Å²) in [6.07, 6.45) is 3.09. The van der Waals surface area contributed by atoms with Crippen LogP contribution in [-0.4, -0.2) is 11.3 Å². The van der Waals surface area contributed by atoms with E-state index in [0.717, 1.165) is 17.4 Å². The smallest absolute Gasteiger partial charge is 0.168 e. The number of carbonyl (C=O) groups is 1. The van der Waals surface area contributed by atoms with Crippen LogP contribution in [0.1, 0.15) is 34.5 Å². The van der Waals surface area contributed by atoms with E-state index in [-0.39, 0.29) is 11.7 Å². The Labute approximate surface area is 105 Å². The molecule has 92 valence electrons. The molecule has 0 aliphatic rings. The average Bonchev–Trinajstić information content (AvgIpc) is 2.40. The molecule has 0 saturated carbocycles. The molecule has 3 heteroatoms. The highest BCUT2D eigenvalue weighted by atomic mass is 19.1. The third kappa shape index (κ3) is 2.80. The molecule has 0 N–H and O–H groups in total. The van der Waals surface area contributed by atoms with Gasteiger partial charge in [0.2, 0.25) is 0 Å². The van der Waals surface area contributed by atoms with Crippen LogP contribution in [0.4, 0.5) is 4.39 Å². The Kier molecular flexibility index (Phi) is 3.82. The lowest BCUT2D eigenvalue weighted by Crippen LogP contribution is -2.03. The number of hydrogen-bond donors (Lipinski definition) is 0. The predicted octanol–water partition coefficient (Wildman–Crippen LogP) is 3.38. The molecular formula is C15H14FNO. The molecular weight excluding hydrogens is 229 g/mol. The van der Waals surface area contributed by atoms with Gasteiger partial charge in [-0.15, -0.1) is 0 Å². The SMILES string of the molecule is CC(Cc1cccnc1C=O)c1ccc(F)cc1. The predicted molar refractivity (Wildman–Crippen MR) is 68.1 cm³/mol. The number of aldehydes is 1. The number of halogens is 1. The van der Waals surface area contributed by atoms with Gasteiger partial charge >= 0.3 is 0 Å². The maximum Gasteiger partial charge on any atom is 0.168 e. The molecule has 0 saturated heterocycles. The van der Waals surface area contributed by atoms with E-state index in [1.54, 1.807) is 18.3 Å². The first kappa shape index (κ1) is 12.4. The van der Waals surface area contributed by atoms with Crippen molar-refractivity contribution in [2.24, 2.45) is 0 Å². The van der Waals surface area contributed by atoms with Crippen molar-refractivity contribution in [3.05, 3.63) is 65.2 Å². The quantitative estimate of drug-likeness (QED) is 0.770. The lowest BCUT2D eigenvalue weighted by molar-refractivity contribution is 0.111. The molecule has 1 unspecified atom stereocenters. The fourth-order valence-electron chi connectivity index (χ4n) is 1.97. The Bertz CT molecular complexity index is 536. The van der Waals surface area contributed by atoms with Crippen molar-refractivity contribution in [1.82, 2.24) is 4.98 Å². The van der Waals surface area contributed by atoms with Crippen molar-refractivity contribution in [3.63, 3.8) is 0 Å². The fraction of sp³-hybridized carbons (Fsp3) is 0.200. The number of hydrogen-bond acceptors (Lipinski definition) is 2. The van der Waals surface area contributed by atoms with Gasteiger partial charge in [-0.1, -0.05) is 25.1 Å². The maximum absolute atomic E-state index is 12.8. The lowest BCUT2D eigenvalue weighted by Gasteiger charge is -2.12. The van der Waals surface area contributed by atoms with Gasteiger partial charge in [-0.05, 0) is 41.7 Å². The highest BCUT2D eigenvalue weighted by molar-refractivity contribution is 5.74. The van der Waals surface area contributed by atoms with Crippen molar-refractivity contribution in [2.45, 2.75) is 19.3 Å². The number of nitrogens with zero attached hydrogens (tertiary/aromatic N) is 1. The Hall–Kier alpha value is -2.03. The molecule has 2 nitrogen and oxygen atoms in total. The zero-order valence-electron chi connectivity index (χ0n) is 10.1. The van der Waals surface area contributed by atoms with Gasteiger partial charge in [0.25, 0.3) is 0 Å². The molecule has 0 aliphatic carbocycles. The summed E-state index contributed by atoms with van der Waals surface area (Å²) in [7, 11) is 0. The van der Waals surface area contributed by atoms with E-state index in [9.17, 15) is 9.18 Å². The van der Waals surface area contributed by atoms with E-state index in [1.165, 1.54) is 12.1 Å². The molecule has 1 aromatic carbocycles. The Morgan fingerprint density at radius 2 is 2.00 bits per heavy atom. The van der Waals surface area contributed by atoms with Crippen LogP contribution in [0.3, 0.4) is 0 Å². The second kappa shape index (κ2) is 5.54. The number of rotatable bonds is 4. The van der Waals surface area contributed by atoms with Crippen LogP contribution in [0, 0.1) is 5.82 Å². The molecule has 0 spiro atoms. The number of benzene rings is 1. The molecule has 0 bridgehead atoms. The van der Waals surface area contributed by atoms with Crippen LogP contribution in [0.5, 0.6) is 0 Å². The third-order valence-electron chi connectivity index (χ3n) is 3.00. The zero-order chi connectivity index (χ0) is 13.0. The fourth-order valence-corrected chi connectivity index (χ4v) is 1.97. The van der Waals surface area contributed by atoms with Crippen LogP contribution in [0.25, 0.3) is 0 Å². The molecule has 2 rings (SSSR count). The van der Waals surface area contributed by atoms with Gasteiger partial charge < -0.3 is 0 Å². The summed E-state index contributed by atoms with van der Waals surface area (Å²) in [5, 5.41) is 0. The molecule has 0 fully saturated rings. The summed E-state index contributed by atoms with van der Waals surface area (Å²) < 4.78 is 12.8. The zero-order valence-corrected chi connectivity index (χ0v) is 10.1. The van der Waals surface area contributed by atoms with Crippen molar-refractivity contribution in [3.8, 4) is 0 Å². The van der Waals surface area contributed by atoms with Gasteiger partial charge in [0.05, 0.1) is 0 Å². The summed E-state index contributed by atoms with van der Waals surface area (Å²) in [6.45, 7) is 2.05. The third-order valence-corrected chi connectivity index (χ3v) is 3.00. The monoisotopic (exact) mass is 243 g/mol. The van der Waals surface area contributed by atoms with Crippen molar-refractivity contribution >= 4 is 6.29 Å². The highest BCUT2D eigenvalue weighted by Crippen LogP contribution is 2.21. The van der Waals surface area contributed by atoms with Gasteiger partial charge in [0, 0.05) is 6.20 Å². The lowest BCUT2D eigenvalue weighted by atomic mass is 9.93.